The Kier molecular flexibility index (Phi) is 7.71. The third-order valence-corrected chi connectivity index (χ3v) is 9.70. The fourth-order valence-electron chi connectivity index (χ4n) is 5.86. The van der Waals surface area contributed by atoms with Crippen LogP contribution in [-0.2, 0) is 10.0 Å². The lowest BCUT2D eigenvalue weighted by Crippen LogP contribution is -2.44. The normalized spacial score (nSPS) is 20.1. The summed E-state index contributed by atoms with van der Waals surface area (Å²) in [5.74, 6) is 1.58. The van der Waals surface area contributed by atoms with E-state index >= 15 is 0 Å². The molecule has 11 heteroatoms. The van der Waals surface area contributed by atoms with Crippen molar-refractivity contribution in [2.75, 3.05) is 28.9 Å². The average molecular weight is 591 g/mol. The van der Waals surface area contributed by atoms with Gasteiger partial charge in [0.25, 0.3) is 0 Å². The van der Waals surface area contributed by atoms with Gasteiger partial charge >= 0.3 is 0 Å². The smallest absolute Gasteiger partial charge is 0.246 e. The SMILES string of the molecule is Cc1cc(NS(=O)(=O)CC2(C)CCC2)c2ccccc2c1Oc1nccnc1-c1ccnc(NC2CNCC(F)C2)c1. The number of aryl methyl sites for hydroxylation is 1. The predicted octanol–water partition coefficient (Wildman–Crippen LogP) is 5.84. The topological polar surface area (TPSA) is 118 Å². The predicted molar refractivity (Wildman–Crippen MR) is 163 cm³/mol. The lowest BCUT2D eigenvalue weighted by atomic mass is 9.72. The number of rotatable bonds is 9. The van der Waals surface area contributed by atoms with Crippen LogP contribution >= 0.6 is 0 Å². The zero-order chi connectivity index (χ0) is 29.3. The molecule has 42 heavy (non-hydrogen) atoms. The molecule has 2 aliphatic rings. The van der Waals surface area contributed by atoms with Gasteiger partial charge in [-0.25, -0.2) is 27.8 Å². The number of pyridine rings is 1. The zero-order valence-corrected chi connectivity index (χ0v) is 24.5. The highest BCUT2D eigenvalue weighted by Crippen LogP contribution is 2.43. The van der Waals surface area contributed by atoms with E-state index in [0.717, 1.165) is 41.2 Å². The standard InChI is InChI=1S/C31H35FN6O3S/c1-20-14-26(38-42(39,40)19-31(2)9-5-10-31)24-6-3-4-7-25(24)29(20)41-30-28(35-12-13-36-30)21-8-11-34-27(15-21)37-23-16-22(32)17-33-18-23/h3-4,6-8,11-15,22-23,33,38H,5,9-10,16-19H2,1-2H3,(H,34,37). The Bertz CT molecular complexity index is 1710. The van der Waals surface area contributed by atoms with Crippen LogP contribution in [0.3, 0.4) is 0 Å². The molecule has 9 nitrogen and oxygen atoms in total. The second-order valence-electron chi connectivity index (χ2n) is 11.7. The van der Waals surface area contributed by atoms with E-state index < -0.39 is 16.2 Å². The number of sulfonamides is 1. The Hall–Kier alpha value is -3.83. The van der Waals surface area contributed by atoms with Gasteiger partial charge in [0.15, 0.2) is 0 Å². The van der Waals surface area contributed by atoms with E-state index in [-0.39, 0.29) is 17.2 Å². The second-order valence-corrected chi connectivity index (χ2v) is 13.4. The van der Waals surface area contributed by atoms with Gasteiger partial charge in [0.2, 0.25) is 15.9 Å². The second kappa shape index (κ2) is 11.4. The van der Waals surface area contributed by atoms with Gasteiger partial charge in [0.1, 0.15) is 23.4 Å². The van der Waals surface area contributed by atoms with Crippen molar-refractivity contribution in [2.45, 2.75) is 51.7 Å². The molecule has 0 amide bonds. The van der Waals surface area contributed by atoms with Crippen molar-refractivity contribution >= 4 is 32.3 Å². The van der Waals surface area contributed by atoms with E-state index in [4.69, 9.17) is 4.74 Å². The lowest BCUT2D eigenvalue weighted by molar-refractivity contribution is 0.194. The number of piperidine rings is 1. The van der Waals surface area contributed by atoms with E-state index in [1.807, 2.05) is 50.2 Å². The van der Waals surface area contributed by atoms with E-state index in [2.05, 4.69) is 30.3 Å². The molecule has 1 aliphatic heterocycles. The molecule has 3 N–H and O–H groups in total. The summed E-state index contributed by atoms with van der Waals surface area (Å²) < 4.78 is 49.4. The summed E-state index contributed by atoms with van der Waals surface area (Å²) in [4.78, 5) is 13.5. The van der Waals surface area contributed by atoms with Crippen LogP contribution in [0.2, 0.25) is 0 Å². The molecule has 2 atom stereocenters. The maximum Gasteiger partial charge on any atom is 0.246 e. The number of nitrogens with zero attached hydrogens (tertiary/aromatic N) is 3. The number of alkyl halides is 1. The number of fused-ring (bicyclic) bond motifs is 1. The van der Waals surface area contributed by atoms with Crippen molar-refractivity contribution in [1.82, 2.24) is 20.3 Å². The first-order valence-electron chi connectivity index (χ1n) is 14.3. The Morgan fingerprint density at radius 1 is 1.05 bits per heavy atom. The van der Waals surface area contributed by atoms with E-state index in [1.54, 1.807) is 24.7 Å². The molecule has 2 aromatic carbocycles. The largest absolute Gasteiger partial charge is 0.436 e. The molecule has 6 rings (SSSR count). The van der Waals surface area contributed by atoms with Crippen molar-refractivity contribution in [3.63, 3.8) is 0 Å². The lowest BCUT2D eigenvalue weighted by Gasteiger charge is -2.37. The summed E-state index contributed by atoms with van der Waals surface area (Å²) in [5, 5.41) is 7.89. The molecule has 2 fully saturated rings. The van der Waals surface area contributed by atoms with Crippen molar-refractivity contribution < 1.29 is 17.5 Å². The maximum absolute atomic E-state index is 13.9. The van der Waals surface area contributed by atoms with Gasteiger partial charge in [-0.05, 0) is 48.9 Å². The summed E-state index contributed by atoms with van der Waals surface area (Å²) in [5.41, 5.74) is 2.37. The van der Waals surface area contributed by atoms with Crippen LogP contribution in [0.4, 0.5) is 15.9 Å². The average Bonchev–Trinajstić information content (AvgIpc) is 2.94. The molecule has 1 saturated heterocycles. The molecular weight excluding hydrogens is 555 g/mol. The Labute approximate surface area is 245 Å². The monoisotopic (exact) mass is 590 g/mol. The van der Waals surface area contributed by atoms with Crippen molar-refractivity contribution in [3.05, 3.63) is 66.6 Å². The number of hydrogen-bond donors (Lipinski definition) is 3. The van der Waals surface area contributed by atoms with Crippen molar-refractivity contribution in [2.24, 2.45) is 5.41 Å². The Morgan fingerprint density at radius 2 is 1.83 bits per heavy atom. The summed E-state index contributed by atoms with van der Waals surface area (Å²) in [6.07, 6.45) is 7.26. The summed E-state index contributed by atoms with van der Waals surface area (Å²) in [6, 6.07) is 13.0. The van der Waals surface area contributed by atoms with Gasteiger partial charge in [0.05, 0.1) is 11.4 Å². The van der Waals surface area contributed by atoms with Gasteiger partial charge in [0, 0.05) is 60.5 Å². The molecule has 1 saturated carbocycles. The quantitative estimate of drug-likeness (QED) is 0.223. The number of halogens is 1. The highest BCUT2D eigenvalue weighted by Gasteiger charge is 2.36. The molecule has 4 aromatic rings. The first-order valence-corrected chi connectivity index (χ1v) is 15.9. The highest BCUT2D eigenvalue weighted by molar-refractivity contribution is 7.92. The third kappa shape index (κ3) is 6.17. The summed E-state index contributed by atoms with van der Waals surface area (Å²) in [7, 11) is -3.54. The van der Waals surface area contributed by atoms with E-state index in [1.165, 1.54) is 0 Å². The van der Waals surface area contributed by atoms with Crippen LogP contribution in [-0.4, -0.2) is 54.4 Å². The first kappa shape index (κ1) is 28.3. The van der Waals surface area contributed by atoms with Crippen LogP contribution in [0.5, 0.6) is 11.6 Å². The van der Waals surface area contributed by atoms with Crippen molar-refractivity contribution in [1.29, 1.82) is 0 Å². The van der Waals surface area contributed by atoms with E-state index in [0.29, 0.717) is 48.3 Å². The van der Waals surface area contributed by atoms with Gasteiger partial charge in [-0.3, -0.25) is 4.72 Å². The van der Waals surface area contributed by atoms with Crippen LogP contribution in [0.1, 0.15) is 38.2 Å². The highest BCUT2D eigenvalue weighted by atomic mass is 32.2. The molecule has 2 aromatic heterocycles. The minimum absolute atomic E-state index is 0.0735. The number of benzene rings is 2. The fraction of sp³-hybridized carbons (Fsp3) is 0.387. The molecule has 1 aliphatic carbocycles. The van der Waals surface area contributed by atoms with Gasteiger partial charge in [-0.2, -0.15) is 0 Å². The van der Waals surface area contributed by atoms with Crippen LogP contribution in [0, 0.1) is 12.3 Å². The molecule has 220 valence electrons. The fourth-order valence-corrected chi connectivity index (χ4v) is 7.64. The Morgan fingerprint density at radius 3 is 2.60 bits per heavy atom. The number of ether oxygens (including phenoxy) is 1. The van der Waals surface area contributed by atoms with Gasteiger partial charge in [-0.15, -0.1) is 0 Å². The zero-order valence-electron chi connectivity index (χ0n) is 23.7. The Balaban J connectivity index is 1.30. The van der Waals surface area contributed by atoms with Crippen LogP contribution in [0.15, 0.2) is 61.1 Å². The molecule has 0 bridgehead atoms. The summed E-state index contributed by atoms with van der Waals surface area (Å²) in [6.45, 7) is 4.94. The number of aromatic nitrogens is 3. The molecule has 2 unspecified atom stereocenters. The van der Waals surface area contributed by atoms with Gasteiger partial charge < -0.3 is 15.4 Å². The minimum atomic E-state index is -3.54. The minimum Gasteiger partial charge on any atom is -0.436 e. The molecule has 0 spiro atoms. The number of hydrogen-bond acceptors (Lipinski definition) is 8. The summed E-state index contributed by atoms with van der Waals surface area (Å²) >= 11 is 0. The molecule has 0 radical (unpaired) electrons. The van der Waals surface area contributed by atoms with Crippen LogP contribution < -0.4 is 20.1 Å². The maximum atomic E-state index is 13.9. The van der Waals surface area contributed by atoms with E-state index in [9.17, 15) is 12.8 Å². The van der Waals surface area contributed by atoms with Crippen molar-refractivity contribution in [3.8, 4) is 22.9 Å². The third-order valence-electron chi connectivity index (χ3n) is 8.09. The van der Waals surface area contributed by atoms with Crippen LogP contribution in [0.25, 0.3) is 22.0 Å². The first-order chi connectivity index (χ1) is 20.2. The molecule has 3 heterocycles. The molecular formula is C31H35FN6O3S. The van der Waals surface area contributed by atoms with Gasteiger partial charge in [-0.1, -0.05) is 37.6 Å². The number of anilines is 2. The number of nitrogens with one attached hydrogen (secondary N) is 3.